The Morgan fingerprint density at radius 1 is 1.21 bits per heavy atom. The summed E-state index contributed by atoms with van der Waals surface area (Å²) in [5.74, 6) is 0.625. The van der Waals surface area contributed by atoms with Crippen molar-refractivity contribution in [2.24, 2.45) is 0 Å². The third-order valence-electron chi connectivity index (χ3n) is 4.61. The molecule has 0 unspecified atom stereocenters. The molecule has 2 aromatic rings. The summed E-state index contributed by atoms with van der Waals surface area (Å²) in [5, 5.41) is 3.12. The average Bonchev–Trinajstić information content (AvgIpc) is 3.17. The van der Waals surface area contributed by atoms with Gasteiger partial charge < -0.3 is 10.1 Å². The molecule has 0 saturated carbocycles. The molecule has 2 aliphatic rings. The lowest BCUT2D eigenvalue weighted by atomic mass is 9.92. The number of nitrogens with one attached hydrogen (secondary N) is 1. The van der Waals surface area contributed by atoms with Gasteiger partial charge in [0.15, 0.2) is 5.82 Å². The Morgan fingerprint density at radius 3 is 2.96 bits per heavy atom. The van der Waals surface area contributed by atoms with Gasteiger partial charge in [0.05, 0.1) is 6.04 Å². The van der Waals surface area contributed by atoms with E-state index in [1.807, 2.05) is 24.4 Å². The van der Waals surface area contributed by atoms with Crippen LogP contribution in [0.3, 0.4) is 0 Å². The maximum absolute atomic E-state index is 12.3. The highest BCUT2D eigenvalue weighted by Gasteiger charge is 2.29. The molecule has 6 nitrogen and oxygen atoms in total. The molecule has 1 aliphatic heterocycles. The number of fused-ring (bicyclic) bond motifs is 1. The minimum atomic E-state index is -0.302. The van der Waals surface area contributed by atoms with Crippen LogP contribution < -0.4 is 5.32 Å². The van der Waals surface area contributed by atoms with E-state index in [0.717, 1.165) is 49.1 Å². The summed E-state index contributed by atoms with van der Waals surface area (Å²) in [5.41, 5.74) is 2.80. The Bertz CT molecular complexity index is 729. The van der Waals surface area contributed by atoms with Gasteiger partial charge in [0.2, 0.25) is 5.91 Å². The summed E-state index contributed by atoms with van der Waals surface area (Å²) in [6, 6.07) is 5.68. The van der Waals surface area contributed by atoms with E-state index < -0.39 is 0 Å². The quantitative estimate of drug-likeness (QED) is 0.936. The first kappa shape index (κ1) is 15.2. The van der Waals surface area contributed by atoms with Crippen LogP contribution in [0.25, 0.3) is 11.5 Å². The summed E-state index contributed by atoms with van der Waals surface area (Å²) in [4.78, 5) is 25.8. The molecule has 0 spiro atoms. The van der Waals surface area contributed by atoms with Crippen LogP contribution in [0.5, 0.6) is 0 Å². The molecule has 1 N–H and O–H groups in total. The van der Waals surface area contributed by atoms with Crippen LogP contribution in [0.2, 0.25) is 0 Å². The van der Waals surface area contributed by atoms with Gasteiger partial charge in [-0.15, -0.1) is 0 Å². The highest BCUT2D eigenvalue weighted by atomic mass is 16.5. The SMILES string of the molecule is O=C(N[C@@H]1CCCc2nc(-c3ccccn3)ncc21)[C@H]1CCCO1. The van der Waals surface area contributed by atoms with E-state index in [-0.39, 0.29) is 18.1 Å². The van der Waals surface area contributed by atoms with Crippen molar-refractivity contribution in [2.75, 3.05) is 6.61 Å². The molecule has 124 valence electrons. The van der Waals surface area contributed by atoms with Crippen molar-refractivity contribution in [1.82, 2.24) is 20.3 Å². The van der Waals surface area contributed by atoms with Crippen molar-refractivity contribution in [2.45, 2.75) is 44.2 Å². The number of carbonyl (C=O) groups is 1. The number of nitrogens with zero attached hydrogens (tertiary/aromatic N) is 3. The fourth-order valence-electron chi connectivity index (χ4n) is 3.36. The highest BCUT2D eigenvalue weighted by molar-refractivity contribution is 5.81. The van der Waals surface area contributed by atoms with Crippen LogP contribution in [-0.4, -0.2) is 33.6 Å². The van der Waals surface area contributed by atoms with Crippen LogP contribution in [0.15, 0.2) is 30.6 Å². The normalized spacial score (nSPS) is 22.8. The van der Waals surface area contributed by atoms with Crippen LogP contribution >= 0.6 is 0 Å². The highest BCUT2D eigenvalue weighted by Crippen LogP contribution is 2.29. The number of rotatable bonds is 3. The fourth-order valence-corrected chi connectivity index (χ4v) is 3.36. The van der Waals surface area contributed by atoms with E-state index in [4.69, 9.17) is 4.74 Å². The third kappa shape index (κ3) is 3.01. The van der Waals surface area contributed by atoms with Gasteiger partial charge in [-0.1, -0.05) is 6.07 Å². The first-order chi connectivity index (χ1) is 11.8. The second-order valence-corrected chi connectivity index (χ2v) is 6.27. The molecule has 3 heterocycles. The average molecular weight is 324 g/mol. The molecule has 2 atom stereocenters. The van der Waals surface area contributed by atoms with Crippen molar-refractivity contribution in [3.63, 3.8) is 0 Å². The van der Waals surface area contributed by atoms with Crippen LogP contribution in [-0.2, 0) is 16.0 Å². The van der Waals surface area contributed by atoms with E-state index in [1.165, 1.54) is 0 Å². The van der Waals surface area contributed by atoms with Crippen molar-refractivity contribution in [3.05, 3.63) is 41.9 Å². The predicted molar refractivity (Wildman–Crippen MR) is 88.1 cm³/mol. The topological polar surface area (TPSA) is 77.0 Å². The molecule has 1 aliphatic carbocycles. The van der Waals surface area contributed by atoms with Gasteiger partial charge in [-0.25, -0.2) is 9.97 Å². The van der Waals surface area contributed by atoms with E-state index in [9.17, 15) is 4.79 Å². The van der Waals surface area contributed by atoms with E-state index in [2.05, 4.69) is 20.3 Å². The molecule has 4 rings (SSSR count). The number of amides is 1. The minimum Gasteiger partial charge on any atom is -0.368 e. The predicted octanol–water partition coefficient (Wildman–Crippen LogP) is 2.21. The molecule has 1 fully saturated rings. The van der Waals surface area contributed by atoms with E-state index in [0.29, 0.717) is 12.4 Å². The first-order valence-corrected chi connectivity index (χ1v) is 8.50. The number of pyridine rings is 1. The fraction of sp³-hybridized carbons (Fsp3) is 0.444. The summed E-state index contributed by atoms with van der Waals surface area (Å²) >= 11 is 0. The Kier molecular flexibility index (Phi) is 4.21. The van der Waals surface area contributed by atoms with Gasteiger partial charge in [0.1, 0.15) is 11.8 Å². The number of ether oxygens (including phenoxy) is 1. The second-order valence-electron chi connectivity index (χ2n) is 6.27. The minimum absolute atomic E-state index is 0.0147. The molecule has 1 amide bonds. The van der Waals surface area contributed by atoms with Gasteiger partial charge >= 0.3 is 0 Å². The van der Waals surface area contributed by atoms with Crippen molar-refractivity contribution in [3.8, 4) is 11.5 Å². The van der Waals surface area contributed by atoms with E-state index >= 15 is 0 Å². The summed E-state index contributed by atoms with van der Waals surface area (Å²) in [6.45, 7) is 0.676. The van der Waals surface area contributed by atoms with Gasteiger partial charge in [0.25, 0.3) is 0 Å². The zero-order chi connectivity index (χ0) is 16.4. The molecular weight excluding hydrogens is 304 g/mol. The van der Waals surface area contributed by atoms with Gasteiger partial charge in [0, 0.05) is 30.3 Å². The number of carbonyl (C=O) groups excluding carboxylic acids is 1. The zero-order valence-electron chi connectivity index (χ0n) is 13.4. The van der Waals surface area contributed by atoms with Crippen molar-refractivity contribution < 1.29 is 9.53 Å². The van der Waals surface area contributed by atoms with Crippen LogP contribution in [0.1, 0.15) is 43.0 Å². The van der Waals surface area contributed by atoms with Crippen molar-refractivity contribution in [1.29, 1.82) is 0 Å². The molecule has 24 heavy (non-hydrogen) atoms. The van der Waals surface area contributed by atoms with E-state index in [1.54, 1.807) is 6.20 Å². The summed E-state index contributed by atoms with van der Waals surface area (Å²) in [6.07, 6.45) is 7.86. The Labute approximate surface area is 140 Å². The monoisotopic (exact) mass is 324 g/mol. The van der Waals surface area contributed by atoms with Gasteiger partial charge in [-0.3, -0.25) is 9.78 Å². The second kappa shape index (κ2) is 6.65. The lowest BCUT2D eigenvalue weighted by Crippen LogP contribution is -2.38. The van der Waals surface area contributed by atoms with Crippen LogP contribution in [0.4, 0.5) is 0 Å². The van der Waals surface area contributed by atoms with Crippen molar-refractivity contribution >= 4 is 5.91 Å². The van der Waals surface area contributed by atoms with Crippen LogP contribution in [0, 0.1) is 0 Å². The lowest BCUT2D eigenvalue weighted by Gasteiger charge is -2.26. The molecule has 0 aromatic carbocycles. The van der Waals surface area contributed by atoms with Gasteiger partial charge in [-0.2, -0.15) is 0 Å². The smallest absolute Gasteiger partial charge is 0.249 e. The maximum atomic E-state index is 12.3. The standard InChI is InChI=1S/C18H20N4O2/c23-18(16-8-4-10-24-16)22-14-7-3-6-13-12(14)11-20-17(21-13)15-5-1-2-9-19-15/h1-2,5,9,11,14,16H,3-4,6-8,10H2,(H,22,23)/t14-,16-/m1/s1. The summed E-state index contributed by atoms with van der Waals surface area (Å²) in [7, 11) is 0. The molecule has 2 aromatic heterocycles. The third-order valence-corrected chi connectivity index (χ3v) is 4.61. The molecule has 1 saturated heterocycles. The first-order valence-electron chi connectivity index (χ1n) is 8.50. The number of hydrogen-bond donors (Lipinski definition) is 1. The number of hydrogen-bond acceptors (Lipinski definition) is 5. The number of aromatic nitrogens is 3. The lowest BCUT2D eigenvalue weighted by molar-refractivity contribution is -0.130. The molecule has 0 bridgehead atoms. The maximum Gasteiger partial charge on any atom is 0.249 e. The molecule has 0 radical (unpaired) electrons. The van der Waals surface area contributed by atoms with Gasteiger partial charge in [-0.05, 0) is 44.2 Å². The molecule has 6 heteroatoms. The Hall–Kier alpha value is -2.34. The zero-order valence-corrected chi connectivity index (χ0v) is 13.4. The summed E-state index contributed by atoms with van der Waals surface area (Å²) < 4.78 is 5.47. The largest absolute Gasteiger partial charge is 0.368 e. The molecular formula is C18H20N4O2. The number of aryl methyl sites for hydroxylation is 1. The Balaban J connectivity index is 1.55. The Morgan fingerprint density at radius 2 is 2.17 bits per heavy atom.